The number of halogens is 6. The molecule has 0 aliphatic carbocycles. The summed E-state index contributed by atoms with van der Waals surface area (Å²) in [6.45, 7) is -1.13. The number of carbonyl (C=O) groups excluding carboxylic acids is 2. The summed E-state index contributed by atoms with van der Waals surface area (Å²) in [6, 6.07) is 0. The average Bonchev–Trinajstić information content (AvgIpc) is 2.24. The Morgan fingerprint density at radius 2 is 1.56 bits per heavy atom. The first kappa shape index (κ1) is 14.8. The van der Waals surface area contributed by atoms with E-state index in [4.69, 9.17) is 0 Å². The van der Waals surface area contributed by atoms with Crippen LogP contribution in [0.2, 0.25) is 0 Å². The molecule has 1 aliphatic rings. The fourth-order valence-electron chi connectivity index (χ4n) is 1.79. The van der Waals surface area contributed by atoms with E-state index in [0.717, 1.165) is 0 Å². The molecule has 3 nitrogen and oxygen atoms in total. The molecule has 9 heteroatoms. The number of hydrogen-bond donors (Lipinski definition) is 0. The number of hydrogen-bond acceptors (Lipinski definition) is 2. The molecule has 0 aromatic carbocycles. The Morgan fingerprint density at radius 1 is 1.00 bits per heavy atom. The monoisotopic (exact) mass is 277 g/mol. The van der Waals surface area contributed by atoms with Crippen LogP contribution in [0.3, 0.4) is 0 Å². The maximum absolute atomic E-state index is 12.1. The number of rotatable bonds is 1. The number of nitrogens with zero attached hydrogens (tertiary/aromatic N) is 1. The van der Waals surface area contributed by atoms with Crippen LogP contribution >= 0.6 is 0 Å². The van der Waals surface area contributed by atoms with Gasteiger partial charge in [-0.1, -0.05) is 0 Å². The van der Waals surface area contributed by atoms with Gasteiger partial charge in [0, 0.05) is 19.0 Å². The van der Waals surface area contributed by atoms with Gasteiger partial charge in [-0.25, -0.2) is 0 Å². The Morgan fingerprint density at radius 3 is 2.00 bits per heavy atom. The van der Waals surface area contributed by atoms with Crippen LogP contribution in [-0.2, 0) is 9.59 Å². The molecule has 1 saturated heterocycles. The molecular formula is C9H9F6NO2. The van der Waals surface area contributed by atoms with E-state index in [-0.39, 0.29) is 24.3 Å². The van der Waals surface area contributed by atoms with Crippen molar-refractivity contribution in [2.75, 3.05) is 13.1 Å². The largest absolute Gasteiger partial charge is 0.471 e. The second-order valence-electron chi connectivity index (χ2n) is 3.95. The smallest absolute Gasteiger partial charge is 0.334 e. The zero-order chi connectivity index (χ0) is 14.1. The fraction of sp³-hybridized carbons (Fsp3) is 0.778. The summed E-state index contributed by atoms with van der Waals surface area (Å²) in [5.41, 5.74) is 0. The molecule has 0 radical (unpaired) electrons. The molecule has 1 amide bonds. The summed E-state index contributed by atoms with van der Waals surface area (Å²) in [6.07, 6.45) is -10.5. The zero-order valence-electron chi connectivity index (χ0n) is 8.94. The first-order chi connectivity index (χ1) is 8.03. The lowest BCUT2D eigenvalue weighted by atomic mass is 9.93. The van der Waals surface area contributed by atoms with Crippen molar-refractivity contribution in [2.45, 2.75) is 25.2 Å². The summed E-state index contributed by atoms with van der Waals surface area (Å²) >= 11 is 0. The number of likely N-dealkylation sites (tertiary alicyclic amines) is 1. The Kier molecular flexibility index (Phi) is 3.92. The molecule has 1 unspecified atom stereocenters. The number of carbonyl (C=O) groups is 2. The minimum Gasteiger partial charge on any atom is -0.334 e. The maximum atomic E-state index is 12.1. The summed E-state index contributed by atoms with van der Waals surface area (Å²) in [7, 11) is 0. The van der Waals surface area contributed by atoms with E-state index in [9.17, 15) is 35.9 Å². The number of amides is 1. The van der Waals surface area contributed by atoms with Crippen LogP contribution in [0.4, 0.5) is 26.3 Å². The fourth-order valence-corrected chi connectivity index (χ4v) is 1.79. The van der Waals surface area contributed by atoms with Crippen LogP contribution in [0, 0.1) is 5.92 Å². The van der Waals surface area contributed by atoms with Crippen LogP contribution < -0.4 is 0 Å². The number of alkyl halides is 6. The van der Waals surface area contributed by atoms with Crippen LogP contribution in [0.1, 0.15) is 12.8 Å². The van der Waals surface area contributed by atoms with E-state index >= 15 is 0 Å². The van der Waals surface area contributed by atoms with Crippen molar-refractivity contribution in [3.8, 4) is 0 Å². The molecule has 1 rings (SSSR count). The van der Waals surface area contributed by atoms with Gasteiger partial charge in [0.15, 0.2) is 0 Å². The van der Waals surface area contributed by atoms with Crippen LogP contribution in [-0.4, -0.2) is 42.0 Å². The summed E-state index contributed by atoms with van der Waals surface area (Å²) in [4.78, 5) is 22.0. The van der Waals surface area contributed by atoms with Gasteiger partial charge in [-0.3, -0.25) is 9.59 Å². The number of ketones is 1. The molecule has 1 atom stereocenters. The van der Waals surface area contributed by atoms with Gasteiger partial charge < -0.3 is 4.90 Å². The Hall–Kier alpha value is -1.28. The van der Waals surface area contributed by atoms with E-state index < -0.39 is 36.5 Å². The zero-order valence-corrected chi connectivity index (χ0v) is 8.94. The predicted molar refractivity (Wildman–Crippen MR) is 46.4 cm³/mol. The lowest BCUT2D eigenvalue weighted by Gasteiger charge is -2.32. The van der Waals surface area contributed by atoms with E-state index in [1.165, 1.54) is 0 Å². The standard InChI is InChI=1S/C9H9F6NO2/c10-8(11,12)6(17)5-2-1-3-16(4-5)7(18)9(13,14)15/h5H,1-4H2. The lowest BCUT2D eigenvalue weighted by Crippen LogP contribution is -2.49. The highest BCUT2D eigenvalue weighted by Gasteiger charge is 2.48. The third-order valence-electron chi connectivity index (χ3n) is 2.60. The quantitative estimate of drug-likeness (QED) is 0.687. The molecule has 1 fully saturated rings. The second kappa shape index (κ2) is 4.77. The van der Waals surface area contributed by atoms with Gasteiger partial charge in [0.2, 0.25) is 5.78 Å². The van der Waals surface area contributed by atoms with Gasteiger partial charge in [0.05, 0.1) is 0 Å². The summed E-state index contributed by atoms with van der Waals surface area (Å²) in [5, 5.41) is 0. The van der Waals surface area contributed by atoms with E-state index in [2.05, 4.69) is 0 Å². The van der Waals surface area contributed by atoms with Crippen molar-refractivity contribution in [1.82, 2.24) is 4.90 Å². The van der Waals surface area contributed by atoms with Crippen molar-refractivity contribution < 1.29 is 35.9 Å². The van der Waals surface area contributed by atoms with Crippen molar-refractivity contribution in [3.05, 3.63) is 0 Å². The van der Waals surface area contributed by atoms with Gasteiger partial charge in [-0.15, -0.1) is 0 Å². The minimum atomic E-state index is -5.14. The Balaban J connectivity index is 2.74. The van der Waals surface area contributed by atoms with E-state index in [1.54, 1.807) is 0 Å². The van der Waals surface area contributed by atoms with E-state index in [1.807, 2.05) is 0 Å². The third-order valence-corrected chi connectivity index (χ3v) is 2.60. The SMILES string of the molecule is O=C(C1CCCN(C(=O)C(F)(F)F)C1)C(F)(F)F. The molecule has 1 heterocycles. The molecule has 0 N–H and O–H groups in total. The maximum Gasteiger partial charge on any atom is 0.471 e. The normalized spacial score (nSPS) is 21.9. The predicted octanol–water partition coefficient (Wildman–Crippen LogP) is 1.92. The molecule has 0 saturated carbocycles. The van der Waals surface area contributed by atoms with Gasteiger partial charge in [-0.05, 0) is 12.8 Å². The van der Waals surface area contributed by atoms with Crippen LogP contribution in [0.15, 0.2) is 0 Å². The highest BCUT2D eigenvalue weighted by atomic mass is 19.4. The third kappa shape index (κ3) is 3.36. The molecule has 0 bridgehead atoms. The number of piperidine rings is 1. The Bertz CT molecular complexity index is 316. The van der Waals surface area contributed by atoms with Gasteiger partial charge in [-0.2, -0.15) is 26.3 Å². The van der Waals surface area contributed by atoms with Gasteiger partial charge in [0.1, 0.15) is 0 Å². The van der Waals surface area contributed by atoms with Gasteiger partial charge >= 0.3 is 18.3 Å². The van der Waals surface area contributed by atoms with Crippen LogP contribution in [0.5, 0.6) is 0 Å². The van der Waals surface area contributed by atoms with Crippen molar-refractivity contribution >= 4 is 11.7 Å². The minimum absolute atomic E-state index is 0.0612. The average molecular weight is 277 g/mol. The summed E-state index contributed by atoms with van der Waals surface area (Å²) < 4.78 is 72.7. The lowest BCUT2D eigenvalue weighted by molar-refractivity contribution is -0.190. The molecule has 18 heavy (non-hydrogen) atoms. The molecule has 1 aliphatic heterocycles. The molecule has 0 aromatic rings. The van der Waals surface area contributed by atoms with Crippen molar-refractivity contribution in [2.24, 2.45) is 5.92 Å². The second-order valence-corrected chi connectivity index (χ2v) is 3.95. The van der Waals surface area contributed by atoms with Crippen molar-refractivity contribution in [3.63, 3.8) is 0 Å². The van der Waals surface area contributed by atoms with Crippen LogP contribution in [0.25, 0.3) is 0 Å². The molecule has 0 spiro atoms. The van der Waals surface area contributed by atoms with Gasteiger partial charge in [0.25, 0.3) is 0 Å². The molecule has 0 aromatic heterocycles. The van der Waals surface area contributed by atoms with Crippen molar-refractivity contribution in [1.29, 1.82) is 0 Å². The first-order valence-corrected chi connectivity index (χ1v) is 5.00. The van der Waals surface area contributed by atoms with E-state index in [0.29, 0.717) is 0 Å². The molecular weight excluding hydrogens is 268 g/mol. The highest BCUT2D eigenvalue weighted by Crippen LogP contribution is 2.29. The Labute approximate surface area is 97.7 Å². The summed E-state index contributed by atoms with van der Waals surface area (Å²) in [5.74, 6) is -5.89. The first-order valence-electron chi connectivity index (χ1n) is 5.00. The molecule has 104 valence electrons. The topological polar surface area (TPSA) is 37.4 Å². The highest BCUT2D eigenvalue weighted by molar-refractivity contribution is 5.88. The number of Topliss-reactive ketones (excluding diaryl/α,β-unsaturated/α-hetero) is 1.